The minimum absolute atomic E-state index is 0.113. The van der Waals surface area contributed by atoms with Gasteiger partial charge in [0.2, 0.25) is 0 Å². The summed E-state index contributed by atoms with van der Waals surface area (Å²) in [6.45, 7) is 3.94. The van der Waals surface area contributed by atoms with E-state index in [9.17, 15) is 19.5 Å². The first-order valence-electron chi connectivity index (χ1n) is 11.3. The third kappa shape index (κ3) is 3.97. The molecule has 0 saturated carbocycles. The SMILES string of the molecule is CC1C=C(C(C)Nc2ccccc2C(=O)O)c2oc(-c3ccc4oc(=O)n(C)c4c3)cc(=O)c2C1. The van der Waals surface area contributed by atoms with Crippen molar-refractivity contribution in [3.8, 4) is 11.3 Å². The number of aromatic carboxylic acids is 1. The topological polar surface area (TPSA) is 115 Å². The number of carbonyl (C=O) groups is 1. The average molecular weight is 472 g/mol. The first-order chi connectivity index (χ1) is 16.7. The van der Waals surface area contributed by atoms with E-state index in [-0.39, 0.29) is 23.0 Å². The number of allylic oxidation sites excluding steroid dienone is 1. The Morgan fingerprint density at radius 2 is 1.91 bits per heavy atom. The normalized spacial score (nSPS) is 16.0. The largest absolute Gasteiger partial charge is 0.478 e. The van der Waals surface area contributed by atoms with E-state index in [0.717, 1.165) is 5.57 Å². The van der Waals surface area contributed by atoms with Crippen LogP contribution in [-0.4, -0.2) is 21.7 Å². The van der Waals surface area contributed by atoms with E-state index in [1.165, 1.54) is 10.6 Å². The fourth-order valence-corrected chi connectivity index (χ4v) is 4.58. The second-order valence-corrected chi connectivity index (χ2v) is 8.91. The van der Waals surface area contributed by atoms with Crippen LogP contribution in [0.25, 0.3) is 28.0 Å². The monoisotopic (exact) mass is 472 g/mol. The van der Waals surface area contributed by atoms with Gasteiger partial charge in [-0.15, -0.1) is 0 Å². The fraction of sp³-hybridized carbons (Fsp3) is 0.222. The van der Waals surface area contributed by atoms with E-state index in [4.69, 9.17) is 8.83 Å². The highest BCUT2D eigenvalue weighted by Crippen LogP contribution is 2.34. The molecule has 178 valence electrons. The van der Waals surface area contributed by atoms with E-state index in [1.54, 1.807) is 49.5 Å². The minimum Gasteiger partial charge on any atom is -0.478 e. The van der Waals surface area contributed by atoms with E-state index in [1.807, 2.05) is 13.8 Å². The summed E-state index contributed by atoms with van der Waals surface area (Å²) in [5, 5.41) is 12.8. The Labute approximate surface area is 200 Å². The molecule has 2 atom stereocenters. The van der Waals surface area contributed by atoms with Crippen molar-refractivity contribution >= 4 is 28.3 Å². The lowest BCUT2D eigenvalue weighted by molar-refractivity contribution is 0.0698. The molecule has 0 aliphatic heterocycles. The van der Waals surface area contributed by atoms with Crippen LogP contribution in [0.3, 0.4) is 0 Å². The number of carboxylic acid groups (broad SMARTS) is 1. The molecule has 5 rings (SSSR count). The van der Waals surface area contributed by atoms with Crippen molar-refractivity contribution in [1.82, 2.24) is 4.57 Å². The molecule has 2 N–H and O–H groups in total. The van der Waals surface area contributed by atoms with Gasteiger partial charge in [-0.1, -0.05) is 25.1 Å². The number of aromatic nitrogens is 1. The molecular formula is C27H24N2O6. The van der Waals surface area contributed by atoms with Gasteiger partial charge in [-0.05, 0) is 49.6 Å². The predicted octanol–water partition coefficient (Wildman–Crippen LogP) is 4.53. The molecule has 8 heteroatoms. The van der Waals surface area contributed by atoms with Gasteiger partial charge in [-0.2, -0.15) is 0 Å². The van der Waals surface area contributed by atoms with Gasteiger partial charge >= 0.3 is 11.7 Å². The fourth-order valence-electron chi connectivity index (χ4n) is 4.58. The van der Waals surface area contributed by atoms with E-state index in [2.05, 4.69) is 11.4 Å². The number of hydrogen-bond donors (Lipinski definition) is 2. The highest BCUT2D eigenvalue weighted by atomic mass is 16.4. The number of nitrogens with one attached hydrogen (secondary N) is 1. The van der Waals surface area contributed by atoms with Crippen molar-refractivity contribution in [2.24, 2.45) is 13.0 Å². The number of oxazole rings is 1. The van der Waals surface area contributed by atoms with Crippen LogP contribution in [0.1, 0.15) is 35.5 Å². The molecule has 1 aliphatic rings. The molecular weight excluding hydrogens is 448 g/mol. The van der Waals surface area contributed by atoms with Crippen molar-refractivity contribution < 1.29 is 18.7 Å². The summed E-state index contributed by atoms with van der Waals surface area (Å²) in [5.74, 6) is -0.515. The number of anilines is 1. The third-order valence-corrected chi connectivity index (χ3v) is 6.37. The molecule has 0 fully saturated rings. The smallest absolute Gasteiger partial charge is 0.419 e. The quantitative estimate of drug-likeness (QED) is 0.439. The van der Waals surface area contributed by atoms with Crippen LogP contribution >= 0.6 is 0 Å². The molecule has 2 heterocycles. The number of nitrogens with zero attached hydrogens (tertiary/aromatic N) is 1. The molecule has 0 radical (unpaired) electrons. The van der Waals surface area contributed by atoms with Gasteiger partial charge in [0.1, 0.15) is 11.5 Å². The van der Waals surface area contributed by atoms with Crippen LogP contribution in [0.15, 0.2) is 73.0 Å². The van der Waals surface area contributed by atoms with Gasteiger partial charge in [0.05, 0.1) is 17.1 Å². The van der Waals surface area contributed by atoms with E-state index < -0.39 is 11.7 Å². The molecule has 4 aromatic rings. The molecule has 35 heavy (non-hydrogen) atoms. The highest BCUT2D eigenvalue weighted by Gasteiger charge is 2.27. The molecule has 2 unspecified atom stereocenters. The lowest BCUT2D eigenvalue weighted by Crippen LogP contribution is -2.26. The van der Waals surface area contributed by atoms with Gasteiger partial charge in [0.15, 0.2) is 11.0 Å². The summed E-state index contributed by atoms with van der Waals surface area (Å²) >= 11 is 0. The molecule has 0 spiro atoms. The van der Waals surface area contributed by atoms with Crippen LogP contribution in [0.5, 0.6) is 0 Å². The van der Waals surface area contributed by atoms with Gasteiger partial charge in [-0.25, -0.2) is 9.59 Å². The molecule has 0 amide bonds. The van der Waals surface area contributed by atoms with Gasteiger partial charge in [0, 0.05) is 35.5 Å². The van der Waals surface area contributed by atoms with E-state index >= 15 is 0 Å². The molecule has 0 saturated heterocycles. The zero-order valence-corrected chi connectivity index (χ0v) is 19.5. The number of rotatable bonds is 5. The predicted molar refractivity (Wildman–Crippen MR) is 133 cm³/mol. The number of hydrogen-bond acceptors (Lipinski definition) is 6. The summed E-state index contributed by atoms with van der Waals surface area (Å²) in [4.78, 5) is 36.7. The van der Waals surface area contributed by atoms with Crippen molar-refractivity contribution in [3.05, 3.63) is 92.3 Å². The first-order valence-corrected chi connectivity index (χ1v) is 11.3. The summed E-state index contributed by atoms with van der Waals surface area (Å²) in [6, 6.07) is 13.0. The lowest BCUT2D eigenvalue weighted by Gasteiger charge is -2.26. The lowest BCUT2D eigenvalue weighted by atomic mass is 9.86. The Balaban J connectivity index is 1.58. The van der Waals surface area contributed by atoms with Gasteiger partial charge in [0.25, 0.3) is 0 Å². The number of aryl methyl sites for hydroxylation is 1. The summed E-state index contributed by atoms with van der Waals surface area (Å²) in [6.07, 6.45) is 2.61. The van der Waals surface area contributed by atoms with Crippen LogP contribution in [0.2, 0.25) is 0 Å². The van der Waals surface area contributed by atoms with E-state index in [0.29, 0.717) is 45.9 Å². The Kier molecular flexibility index (Phi) is 5.43. The van der Waals surface area contributed by atoms with Gasteiger partial charge in [-0.3, -0.25) is 9.36 Å². The Morgan fingerprint density at radius 3 is 2.69 bits per heavy atom. The van der Waals surface area contributed by atoms with Crippen LogP contribution in [0, 0.1) is 5.92 Å². The van der Waals surface area contributed by atoms with Crippen molar-refractivity contribution in [2.45, 2.75) is 26.3 Å². The summed E-state index contributed by atoms with van der Waals surface area (Å²) in [5.41, 5.74) is 3.59. The maximum absolute atomic E-state index is 13.1. The molecule has 0 bridgehead atoms. The van der Waals surface area contributed by atoms with Crippen molar-refractivity contribution in [1.29, 1.82) is 0 Å². The van der Waals surface area contributed by atoms with Crippen molar-refractivity contribution in [3.63, 3.8) is 0 Å². The van der Waals surface area contributed by atoms with Crippen LogP contribution in [-0.2, 0) is 13.5 Å². The second kappa shape index (κ2) is 8.47. The number of carboxylic acids is 1. The highest BCUT2D eigenvalue weighted by molar-refractivity contribution is 5.94. The Morgan fingerprint density at radius 1 is 1.14 bits per heavy atom. The zero-order valence-electron chi connectivity index (χ0n) is 19.5. The van der Waals surface area contributed by atoms with Crippen LogP contribution in [0.4, 0.5) is 5.69 Å². The molecule has 8 nitrogen and oxygen atoms in total. The summed E-state index contributed by atoms with van der Waals surface area (Å²) in [7, 11) is 1.62. The molecule has 2 aromatic heterocycles. The Hall–Kier alpha value is -4.33. The van der Waals surface area contributed by atoms with Crippen LogP contribution < -0.4 is 16.5 Å². The zero-order chi connectivity index (χ0) is 24.9. The average Bonchev–Trinajstić information content (AvgIpc) is 3.12. The maximum atomic E-state index is 13.1. The van der Waals surface area contributed by atoms with Crippen molar-refractivity contribution in [2.75, 3.05) is 5.32 Å². The second-order valence-electron chi connectivity index (χ2n) is 8.91. The maximum Gasteiger partial charge on any atom is 0.419 e. The first kappa shape index (κ1) is 22.5. The summed E-state index contributed by atoms with van der Waals surface area (Å²) < 4.78 is 12.9. The standard InChI is InChI=1S/C27H24N2O6/c1-14-10-18(15(2)28-20-7-5-4-6-17(20)26(31)32)25-19(11-14)22(30)13-24(34-25)16-8-9-23-21(12-16)29(3)27(33)35-23/h4-10,12-15,28H,11H2,1-3H3,(H,31,32). The molecule has 1 aliphatic carbocycles. The molecule has 2 aromatic carbocycles. The number of para-hydroxylation sites is 1. The number of benzene rings is 2. The Bertz CT molecular complexity index is 1620. The number of fused-ring (bicyclic) bond motifs is 2. The third-order valence-electron chi connectivity index (χ3n) is 6.37. The van der Waals surface area contributed by atoms with Gasteiger partial charge < -0.3 is 19.3 Å². The minimum atomic E-state index is -1.02.